The van der Waals surface area contributed by atoms with Crippen molar-refractivity contribution in [3.05, 3.63) is 77.1 Å². The van der Waals surface area contributed by atoms with E-state index >= 15 is 0 Å². The van der Waals surface area contributed by atoms with Gasteiger partial charge in [0.15, 0.2) is 0 Å². The predicted molar refractivity (Wildman–Crippen MR) is 100 cm³/mol. The van der Waals surface area contributed by atoms with Gasteiger partial charge in [-0.05, 0) is 30.3 Å². The number of primary sulfonamides is 1. The Kier molecular flexibility index (Phi) is 5.15. The zero-order valence-electron chi connectivity index (χ0n) is 14.1. The number of benzene rings is 2. The van der Waals surface area contributed by atoms with Gasteiger partial charge in [0.25, 0.3) is 5.56 Å². The van der Waals surface area contributed by atoms with Crippen LogP contribution in [0.4, 0.5) is 5.69 Å². The van der Waals surface area contributed by atoms with Gasteiger partial charge in [-0.2, -0.15) is 5.10 Å². The Bertz CT molecular complexity index is 1120. The molecule has 1 amide bonds. The summed E-state index contributed by atoms with van der Waals surface area (Å²) >= 11 is 0. The van der Waals surface area contributed by atoms with Gasteiger partial charge in [-0.25, -0.2) is 18.2 Å². The molecule has 0 unspecified atom stereocenters. The highest BCUT2D eigenvalue weighted by Gasteiger charge is 2.10. The number of aromatic nitrogens is 2. The molecule has 138 valence electrons. The van der Waals surface area contributed by atoms with Crippen LogP contribution in [0.25, 0.3) is 11.3 Å². The average molecular weight is 384 g/mol. The number of nitrogens with two attached hydrogens (primary N) is 1. The van der Waals surface area contributed by atoms with Crippen molar-refractivity contribution in [3.63, 3.8) is 0 Å². The van der Waals surface area contributed by atoms with E-state index in [4.69, 9.17) is 5.14 Å². The summed E-state index contributed by atoms with van der Waals surface area (Å²) in [6.45, 7) is -0.281. The van der Waals surface area contributed by atoms with Crippen LogP contribution in [-0.4, -0.2) is 24.1 Å². The lowest BCUT2D eigenvalue weighted by atomic mass is 10.1. The number of nitrogens with zero attached hydrogens (tertiary/aromatic N) is 2. The fraction of sp³-hybridized carbons (Fsp3) is 0.0556. The molecule has 0 aliphatic carbocycles. The standard InChI is InChI=1S/C18H16N4O4S/c19-27(25,26)15-8-6-14(7-9-15)20-17(23)12-22-18(24)11-10-16(21-22)13-4-2-1-3-5-13/h1-11H,12H2,(H,20,23)(H2,19,25,26). The van der Waals surface area contributed by atoms with Gasteiger partial charge >= 0.3 is 0 Å². The molecular formula is C18H16N4O4S. The smallest absolute Gasteiger partial charge is 0.267 e. The Morgan fingerprint density at radius 2 is 1.67 bits per heavy atom. The summed E-state index contributed by atoms with van der Waals surface area (Å²) in [5, 5.41) is 11.8. The largest absolute Gasteiger partial charge is 0.324 e. The number of amides is 1. The first-order valence-corrected chi connectivity index (χ1v) is 9.44. The summed E-state index contributed by atoms with van der Waals surface area (Å²) < 4.78 is 23.5. The molecule has 9 heteroatoms. The molecule has 0 atom stereocenters. The molecule has 0 spiro atoms. The van der Waals surface area contributed by atoms with Gasteiger partial charge in [-0.15, -0.1) is 0 Å². The molecule has 0 bridgehead atoms. The Morgan fingerprint density at radius 1 is 1.00 bits per heavy atom. The quantitative estimate of drug-likeness (QED) is 0.684. The van der Waals surface area contributed by atoms with E-state index < -0.39 is 21.5 Å². The maximum atomic E-state index is 12.2. The summed E-state index contributed by atoms with van der Waals surface area (Å²) in [5.74, 6) is -0.474. The van der Waals surface area contributed by atoms with Gasteiger partial charge in [-0.3, -0.25) is 9.59 Å². The van der Waals surface area contributed by atoms with Gasteiger partial charge in [0.05, 0.1) is 10.6 Å². The summed E-state index contributed by atoms with van der Waals surface area (Å²) in [5.41, 5.74) is 1.36. The Hall–Kier alpha value is -3.30. The molecule has 3 aromatic rings. The van der Waals surface area contributed by atoms with E-state index in [2.05, 4.69) is 10.4 Å². The van der Waals surface area contributed by atoms with E-state index in [-0.39, 0.29) is 11.4 Å². The van der Waals surface area contributed by atoms with Crippen LogP contribution in [0.15, 0.2) is 76.4 Å². The Labute approximate surface area is 155 Å². The summed E-state index contributed by atoms with van der Waals surface area (Å²) in [7, 11) is -3.80. The van der Waals surface area contributed by atoms with E-state index in [1.54, 1.807) is 6.07 Å². The van der Waals surface area contributed by atoms with Crippen molar-refractivity contribution in [2.75, 3.05) is 5.32 Å². The fourth-order valence-electron chi connectivity index (χ4n) is 2.39. The van der Waals surface area contributed by atoms with E-state index in [9.17, 15) is 18.0 Å². The number of carbonyl (C=O) groups is 1. The van der Waals surface area contributed by atoms with Crippen molar-refractivity contribution in [2.45, 2.75) is 11.4 Å². The lowest BCUT2D eigenvalue weighted by Gasteiger charge is -2.09. The monoisotopic (exact) mass is 384 g/mol. The summed E-state index contributed by atoms with van der Waals surface area (Å²) in [6, 6.07) is 17.6. The number of anilines is 1. The fourth-order valence-corrected chi connectivity index (χ4v) is 2.90. The zero-order valence-corrected chi connectivity index (χ0v) is 14.9. The summed E-state index contributed by atoms with van der Waals surface area (Å²) in [4.78, 5) is 24.1. The Balaban J connectivity index is 1.75. The van der Waals surface area contributed by atoms with E-state index in [0.717, 1.165) is 10.2 Å². The summed E-state index contributed by atoms with van der Waals surface area (Å²) in [6.07, 6.45) is 0. The lowest BCUT2D eigenvalue weighted by molar-refractivity contribution is -0.117. The molecular weight excluding hydrogens is 368 g/mol. The molecule has 2 aromatic carbocycles. The van der Waals surface area contributed by atoms with Crippen LogP contribution in [0.1, 0.15) is 0 Å². The highest BCUT2D eigenvalue weighted by molar-refractivity contribution is 7.89. The second kappa shape index (κ2) is 7.52. The third-order valence-electron chi connectivity index (χ3n) is 3.70. The number of hydrogen-bond acceptors (Lipinski definition) is 5. The number of sulfonamides is 1. The average Bonchev–Trinajstić information content (AvgIpc) is 2.64. The number of rotatable bonds is 5. The zero-order chi connectivity index (χ0) is 19.4. The highest BCUT2D eigenvalue weighted by atomic mass is 32.2. The molecule has 0 saturated heterocycles. The van der Waals surface area contributed by atoms with E-state index in [1.165, 1.54) is 30.3 Å². The number of carbonyl (C=O) groups excluding carboxylic acids is 1. The minimum atomic E-state index is -3.80. The molecule has 0 aliphatic heterocycles. The minimum Gasteiger partial charge on any atom is -0.324 e. The normalized spacial score (nSPS) is 11.1. The minimum absolute atomic E-state index is 0.0612. The second-order valence-electron chi connectivity index (χ2n) is 5.70. The van der Waals surface area contributed by atoms with Crippen LogP contribution in [0.3, 0.4) is 0 Å². The van der Waals surface area contributed by atoms with E-state index in [0.29, 0.717) is 11.4 Å². The van der Waals surface area contributed by atoms with Gasteiger partial charge in [0, 0.05) is 17.3 Å². The third kappa shape index (κ3) is 4.66. The predicted octanol–water partition coefficient (Wildman–Crippen LogP) is 1.20. The molecule has 8 nitrogen and oxygen atoms in total. The van der Waals surface area contributed by atoms with Crippen molar-refractivity contribution in [3.8, 4) is 11.3 Å². The molecule has 0 fully saturated rings. The first kappa shape index (κ1) is 18.5. The van der Waals surface area contributed by atoms with Crippen molar-refractivity contribution < 1.29 is 13.2 Å². The topological polar surface area (TPSA) is 124 Å². The van der Waals surface area contributed by atoms with Crippen molar-refractivity contribution in [1.82, 2.24) is 9.78 Å². The molecule has 3 N–H and O–H groups in total. The van der Waals surface area contributed by atoms with E-state index in [1.807, 2.05) is 30.3 Å². The molecule has 1 aromatic heterocycles. The molecule has 0 aliphatic rings. The van der Waals surface area contributed by atoms with Gasteiger partial charge in [0.1, 0.15) is 6.54 Å². The maximum absolute atomic E-state index is 12.2. The highest BCUT2D eigenvalue weighted by Crippen LogP contribution is 2.14. The first-order valence-electron chi connectivity index (χ1n) is 7.89. The van der Waals surface area contributed by atoms with Gasteiger partial charge < -0.3 is 5.32 Å². The number of nitrogens with one attached hydrogen (secondary N) is 1. The van der Waals surface area contributed by atoms with Crippen LogP contribution in [-0.2, 0) is 21.4 Å². The van der Waals surface area contributed by atoms with Crippen LogP contribution >= 0.6 is 0 Å². The second-order valence-corrected chi connectivity index (χ2v) is 7.26. The molecule has 3 rings (SSSR count). The van der Waals surface area contributed by atoms with Crippen LogP contribution in [0, 0.1) is 0 Å². The maximum Gasteiger partial charge on any atom is 0.267 e. The van der Waals surface area contributed by atoms with Gasteiger partial charge in [0.2, 0.25) is 15.9 Å². The molecule has 0 radical (unpaired) electrons. The van der Waals surface area contributed by atoms with Crippen LogP contribution in [0.5, 0.6) is 0 Å². The third-order valence-corrected chi connectivity index (χ3v) is 4.63. The van der Waals surface area contributed by atoms with Crippen LogP contribution in [0.2, 0.25) is 0 Å². The van der Waals surface area contributed by atoms with Gasteiger partial charge in [-0.1, -0.05) is 30.3 Å². The Morgan fingerprint density at radius 3 is 2.30 bits per heavy atom. The molecule has 27 heavy (non-hydrogen) atoms. The first-order chi connectivity index (χ1) is 12.8. The van der Waals surface area contributed by atoms with Crippen molar-refractivity contribution >= 4 is 21.6 Å². The SMILES string of the molecule is NS(=O)(=O)c1ccc(NC(=O)Cn2nc(-c3ccccc3)ccc2=O)cc1. The molecule has 0 saturated carbocycles. The lowest BCUT2D eigenvalue weighted by Crippen LogP contribution is -2.29. The van der Waals surface area contributed by atoms with Crippen molar-refractivity contribution in [2.24, 2.45) is 5.14 Å². The number of hydrogen-bond donors (Lipinski definition) is 2. The van der Waals surface area contributed by atoms with Crippen LogP contribution < -0.4 is 16.0 Å². The van der Waals surface area contributed by atoms with Crippen molar-refractivity contribution in [1.29, 1.82) is 0 Å². The molecule has 1 heterocycles.